The van der Waals surface area contributed by atoms with Gasteiger partial charge in [0, 0.05) is 0 Å². The summed E-state index contributed by atoms with van der Waals surface area (Å²) < 4.78 is 21.3. The lowest BCUT2D eigenvalue weighted by atomic mass is 10.5. The van der Waals surface area contributed by atoms with E-state index in [1.54, 1.807) is 6.92 Å². The van der Waals surface area contributed by atoms with Gasteiger partial charge in [-0.25, -0.2) is 15.1 Å². The Balaban J connectivity index is 3.70. The Labute approximate surface area is 57.8 Å². The van der Waals surface area contributed by atoms with E-state index >= 15 is 0 Å². The van der Waals surface area contributed by atoms with Crippen molar-refractivity contribution in [2.75, 3.05) is 6.61 Å². The van der Waals surface area contributed by atoms with Gasteiger partial charge in [-0.1, -0.05) is 6.92 Å². The fraction of sp³-hybridized carbons (Fsp3) is 1.00. The zero-order chi connectivity index (χ0) is 8.04. The van der Waals surface area contributed by atoms with Gasteiger partial charge in [0.15, 0.2) is 0 Å². The van der Waals surface area contributed by atoms with Crippen LogP contribution in [0.5, 0.6) is 0 Å². The Morgan fingerprint density at radius 2 is 1.90 bits per heavy atom. The molecule has 0 aliphatic carbocycles. The third kappa shape index (κ3) is 3.26. The lowest BCUT2D eigenvalue weighted by molar-refractivity contribution is -0.228. The zero-order valence-electron chi connectivity index (χ0n) is 5.39. The number of hydrogen-bond acceptors (Lipinski definition) is 6. The smallest absolute Gasteiger partial charge is 0.284 e. The van der Waals surface area contributed by atoms with E-state index in [2.05, 4.69) is 13.9 Å². The first-order valence-corrected chi connectivity index (χ1v) is 4.05. The van der Waals surface area contributed by atoms with Crippen molar-refractivity contribution in [3.63, 3.8) is 0 Å². The Bertz CT molecular complexity index is 116. The fourth-order valence-corrected chi connectivity index (χ4v) is 0.795. The van der Waals surface area contributed by atoms with Gasteiger partial charge in [-0.05, 0) is 6.42 Å². The molecule has 0 aromatic heterocycles. The van der Waals surface area contributed by atoms with Crippen molar-refractivity contribution in [2.45, 2.75) is 13.3 Å². The van der Waals surface area contributed by atoms with Crippen LogP contribution < -0.4 is 0 Å². The highest BCUT2D eigenvalue weighted by atomic mass is 31.2. The van der Waals surface area contributed by atoms with Gasteiger partial charge < -0.3 is 0 Å². The molecular weight excluding hydrogens is 163 g/mol. The van der Waals surface area contributed by atoms with Crippen LogP contribution in [0.3, 0.4) is 0 Å². The van der Waals surface area contributed by atoms with Crippen molar-refractivity contribution in [1.29, 1.82) is 0 Å². The highest BCUT2D eigenvalue weighted by Crippen LogP contribution is 2.47. The average Bonchev–Trinajstić information content (AvgIpc) is 2.00. The molecule has 0 aliphatic heterocycles. The lowest BCUT2D eigenvalue weighted by Gasteiger charge is -2.07. The maximum absolute atomic E-state index is 10.5. The molecule has 0 unspecified atom stereocenters. The molecule has 0 aromatic rings. The molecule has 0 saturated carbocycles. The van der Waals surface area contributed by atoms with Crippen molar-refractivity contribution in [1.82, 2.24) is 0 Å². The van der Waals surface area contributed by atoms with Gasteiger partial charge >= 0.3 is 7.82 Å². The second-order valence-electron chi connectivity index (χ2n) is 1.44. The van der Waals surface area contributed by atoms with Crippen LogP contribution in [0.1, 0.15) is 13.3 Å². The van der Waals surface area contributed by atoms with Crippen LogP contribution in [0.4, 0.5) is 0 Å². The first kappa shape index (κ1) is 10.0. The second kappa shape index (κ2) is 4.79. The molecule has 7 heteroatoms. The van der Waals surface area contributed by atoms with E-state index < -0.39 is 7.82 Å². The number of phosphoric acid groups is 1. The summed E-state index contributed by atoms with van der Waals surface area (Å²) in [5.74, 6) is 0. The molecule has 2 N–H and O–H groups in total. The van der Waals surface area contributed by atoms with E-state index in [1.165, 1.54) is 0 Å². The molecular formula is C3H9O6P. The summed E-state index contributed by atoms with van der Waals surface area (Å²) in [5.41, 5.74) is 0. The van der Waals surface area contributed by atoms with Crippen LogP contribution in [0.15, 0.2) is 0 Å². The zero-order valence-corrected chi connectivity index (χ0v) is 6.28. The van der Waals surface area contributed by atoms with Crippen LogP contribution in [-0.2, 0) is 18.4 Å². The summed E-state index contributed by atoms with van der Waals surface area (Å²) in [6.07, 6.45) is 0.566. The normalized spacial score (nSPS) is 11.9. The third-order valence-corrected chi connectivity index (χ3v) is 1.55. The molecule has 0 spiro atoms. The topological polar surface area (TPSA) is 85.2 Å². The SMILES string of the molecule is CCCOP(=O)(OO)OO. The van der Waals surface area contributed by atoms with Crippen molar-refractivity contribution in [3.05, 3.63) is 0 Å². The Morgan fingerprint density at radius 3 is 2.20 bits per heavy atom. The van der Waals surface area contributed by atoms with Crippen LogP contribution in [-0.4, -0.2) is 17.1 Å². The molecule has 0 fully saturated rings. The second-order valence-corrected chi connectivity index (χ2v) is 2.92. The number of hydrogen-bond donors (Lipinski definition) is 2. The van der Waals surface area contributed by atoms with Crippen molar-refractivity contribution in [3.8, 4) is 0 Å². The Morgan fingerprint density at radius 1 is 1.40 bits per heavy atom. The van der Waals surface area contributed by atoms with Gasteiger partial charge in [0.2, 0.25) is 0 Å². The molecule has 10 heavy (non-hydrogen) atoms. The van der Waals surface area contributed by atoms with Crippen molar-refractivity contribution in [2.24, 2.45) is 0 Å². The molecule has 0 saturated heterocycles. The predicted molar refractivity (Wildman–Crippen MR) is 31.3 cm³/mol. The first-order chi connectivity index (χ1) is 4.68. The fourth-order valence-electron chi connectivity index (χ4n) is 0.265. The summed E-state index contributed by atoms with van der Waals surface area (Å²) in [7, 11) is -4.09. The van der Waals surface area contributed by atoms with E-state index in [4.69, 9.17) is 10.5 Å². The standard InChI is InChI=1S/C3H9O6P/c1-2-3-7-10(6,8-4)9-5/h4-5H,2-3H2,1H3. The van der Waals surface area contributed by atoms with Crippen molar-refractivity contribution < 1.29 is 29.0 Å². The van der Waals surface area contributed by atoms with E-state index in [0.717, 1.165) is 0 Å². The molecule has 0 bridgehead atoms. The quantitative estimate of drug-likeness (QED) is 0.371. The maximum atomic E-state index is 10.5. The van der Waals surface area contributed by atoms with Gasteiger partial charge in [0.25, 0.3) is 0 Å². The van der Waals surface area contributed by atoms with E-state index in [1.807, 2.05) is 0 Å². The summed E-state index contributed by atoms with van der Waals surface area (Å²) >= 11 is 0. The third-order valence-electron chi connectivity index (χ3n) is 0.654. The highest BCUT2D eigenvalue weighted by Gasteiger charge is 2.26. The van der Waals surface area contributed by atoms with Gasteiger partial charge in [-0.2, -0.15) is 0 Å². The lowest BCUT2D eigenvalue weighted by Crippen LogP contribution is -1.95. The summed E-state index contributed by atoms with van der Waals surface area (Å²) in [5, 5.41) is 15.7. The molecule has 0 rings (SSSR count). The van der Waals surface area contributed by atoms with Gasteiger partial charge in [-0.3, -0.25) is 4.52 Å². The minimum absolute atomic E-state index is 0.0679. The summed E-state index contributed by atoms with van der Waals surface area (Å²) in [6.45, 7) is 1.82. The monoisotopic (exact) mass is 172 g/mol. The molecule has 62 valence electrons. The molecule has 0 radical (unpaired) electrons. The predicted octanol–water partition coefficient (Wildman–Crippen LogP) is 1.50. The van der Waals surface area contributed by atoms with Crippen LogP contribution in [0, 0.1) is 0 Å². The molecule has 6 nitrogen and oxygen atoms in total. The van der Waals surface area contributed by atoms with Gasteiger partial charge in [-0.15, -0.1) is 9.35 Å². The van der Waals surface area contributed by atoms with Gasteiger partial charge in [0.05, 0.1) is 6.61 Å². The minimum Gasteiger partial charge on any atom is -0.284 e. The van der Waals surface area contributed by atoms with E-state index in [0.29, 0.717) is 6.42 Å². The van der Waals surface area contributed by atoms with Crippen LogP contribution >= 0.6 is 7.82 Å². The van der Waals surface area contributed by atoms with Crippen LogP contribution in [0.2, 0.25) is 0 Å². The molecule has 0 aromatic carbocycles. The molecule has 0 atom stereocenters. The van der Waals surface area contributed by atoms with E-state index in [9.17, 15) is 4.57 Å². The Kier molecular flexibility index (Phi) is 4.80. The summed E-state index contributed by atoms with van der Waals surface area (Å²) in [4.78, 5) is 0. The van der Waals surface area contributed by atoms with Gasteiger partial charge in [0.1, 0.15) is 0 Å². The molecule has 0 amide bonds. The molecule has 0 aliphatic rings. The number of rotatable bonds is 5. The largest absolute Gasteiger partial charge is 0.529 e. The van der Waals surface area contributed by atoms with E-state index in [-0.39, 0.29) is 6.61 Å². The summed E-state index contributed by atoms with van der Waals surface area (Å²) in [6, 6.07) is 0. The molecule has 0 heterocycles. The first-order valence-electron chi connectivity index (χ1n) is 2.59. The maximum Gasteiger partial charge on any atom is 0.529 e. The Hall–Kier alpha value is 0.0300. The highest BCUT2D eigenvalue weighted by molar-refractivity contribution is 7.48. The van der Waals surface area contributed by atoms with Crippen molar-refractivity contribution >= 4 is 7.82 Å². The van der Waals surface area contributed by atoms with Crippen LogP contribution in [0.25, 0.3) is 0 Å². The average molecular weight is 172 g/mol. The minimum atomic E-state index is -4.09.